The first-order chi connectivity index (χ1) is 11.4. The standard InChI is InChI=1S/C18H25N3O3/c1-13-16(21-12-24-13)10-20-17(23)19-9-15(18(2,3)11-22)14-7-5-4-6-8-14/h4-8,12,15,22H,9-11H2,1-3H3,(H2,19,20,23). The van der Waals surface area contributed by atoms with Gasteiger partial charge in [0.1, 0.15) is 11.5 Å². The molecule has 1 atom stereocenters. The van der Waals surface area contributed by atoms with Crippen molar-refractivity contribution in [3.05, 3.63) is 53.7 Å². The molecule has 0 aliphatic carbocycles. The number of aromatic nitrogens is 1. The largest absolute Gasteiger partial charge is 0.448 e. The molecule has 2 rings (SSSR count). The van der Waals surface area contributed by atoms with Crippen molar-refractivity contribution in [3.8, 4) is 0 Å². The van der Waals surface area contributed by atoms with Gasteiger partial charge in [0.05, 0.1) is 6.54 Å². The van der Waals surface area contributed by atoms with Gasteiger partial charge in [0, 0.05) is 19.1 Å². The van der Waals surface area contributed by atoms with E-state index in [0.717, 1.165) is 5.56 Å². The third kappa shape index (κ3) is 4.58. The Morgan fingerprint density at radius 3 is 2.58 bits per heavy atom. The molecule has 2 amide bonds. The van der Waals surface area contributed by atoms with Gasteiger partial charge < -0.3 is 20.2 Å². The third-order valence-electron chi connectivity index (χ3n) is 4.28. The number of oxazole rings is 1. The molecule has 6 nitrogen and oxygen atoms in total. The van der Waals surface area contributed by atoms with Crippen LogP contribution in [0.1, 0.15) is 36.8 Å². The first kappa shape index (κ1) is 18.0. The number of carbonyl (C=O) groups excluding carboxylic acids is 1. The number of aliphatic hydroxyl groups excluding tert-OH is 1. The third-order valence-corrected chi connectivity index (χ3v) is 4.28. The number of aliphatic hydroxyl groups is 1. The van der Waals surface area contributed by atoms with Crippen molar-refractivity contribution in [1.29, 1.82) is 0 Å². The van der Waals surface area contributed by atoms with Crippen molar-refractivity contribution >= 4 is 6.03 Å². The van der Waals surface area contributed by atoms with Crippen LogP contribution in [0.25, 0.3) is 0 Å². The fraction of sp³-hybridized carbons (Fsp3) is 0.444. The summed E-state index contributed by atoms with van der Waals surface area (Å²) in [5.74, 6) is 0.696. The minimum absolute atomic E-state index is 0.00300. The van der Waals surface area contributed by atoms with Gasteiger partial charge in [-0.3, -0.25) is 0 Å². The summed E-state index contributed by atoms with van der Waals surface area (Å²) in [6.45, 7) is 6.56. The van der Waals surface area contributed by atoms with Gasteiger partial charge >= 0.3 is 6.03 Å². The molecular formula is C18H25N3O3. The molecule has 0 bridgehead atoms. The van der Waals surface area contributed by atoms with Gasteiger partial charge in [0.15, 0.2) is 6.39 Å². The van der Waals surface area contributed by atoms with Gasteiger partial charge in [-0.25, -0.2) is 9.78 Å². The molecular weight excluding hydrogens is 306 g/mol. The van der Waals surface area contributed by atoms with Gasteiger partial charge in [0.25, 0.3) is 0 Å². The summed E-state index contributed by atoms with van der Waals surface area (Å²) in [6.07, 6.45) is 1.36. The zero-order valence-electron chi connectivity index (χ0n) is 14.4. The molecule has 1 aromatic carbocycles. The minimum atomic E-state index is -0.350. The van der Waals surface area contributed by atoms with E-state index in [1.807, 2.05) is 44.2 Å². The molecule has 1 unspecified atom stereocenters. The van der Waals surface area contributed by atoms with Crippen LogP contribution in [-0.2, 0) is 6.54 Å². The molecule has 0 radical (unpaired) electrons. The van der Waals surface area contributed by atoms with Gasteiger partial charge in [-0.15, -0.1) is 0 Å². The van der Waals surface area contributed by atoms with E-state index in [0.29, 0.717) is 24.5 Å². The van der Waals surface area contributed by atoms with Crippen molar-refractivity contribution in [2.24, 2.45) is 5.41 Å². The van der Waals surface area contributed by atoms with Crippen LogP contribution in [0.3, 0.4) is 0 Å². The second-order valence-corrected chi connectivity index (χ2v) is 6.53. The first-order valence-corrected chi connectivity index (χ1v) is 8.00. The highest BCUT2D eigenvalue weighted by molar-refractivity contribution is 5.73. The van der Waals surface area contributed by atoms with Gasteiger partial charge in [-0.1, -0.05) is 44.2 Å². The number of nitrogens with zero attached hydrogens (tertiary/aromatic N) is 1. The molecule has 0 saturated carbocycles. The van der Waals surface area contributed by atoms with Crippen LogP contribution in [0.15, 0.2) is 41.1 Å². The molecule has 0 spiro atoms. The molecule has 0 aliphatic heterocycles. The number of nitrogens with one attached hydrogen (secondary N) is 2. The maximum atomic E-state index is 12.1. The Hall–Kier alpha value is -2.34. The average Bonchev–Trinajstić information content (AvgIpc) is 2.99. The molecule has 3 N–H and O–H groups in total. The summed E-state index contributed by atoms with van der Waals surface area (Å²) in [6, 6.07) is 9.63. The number of carbonyl (C=O) groups is 1. The fourth-order valence-corrected chi connectivity index (χ4v) is 2.56. The monoisotopic (exact) mass is 331 g/mol. The van der Waals surface area contributed by atoms with Gasteiger partial charge in [-0.2, -0.15) is 0 Å². The Morgan fingerprint density at radius 1 is 1.29 bits per heavy atom. The van der Waals surface area contributed by atoms with E-state index < -0.39 is 0 Å². The molecule has 0 fully saturated rings. The Morgan fingerprint density at radius 2 is 2.00 bits per heavy atom. The summed E-state index contributed by atoms with van der Waals surface area (Å²) in [4.78, 5) is 16.1. The quantitative estimate of drug-likeness (QED) is 0.728. The lowest BCUT2D eigenvalue weighted by molar-refractivity contribution is 0.129. The second-order valence-electron chi connectivity index (χ2n) is 6.53. The number of urea groups is 1. The van der Waals surface area contributed by atoms with Crippen molar-refractivity contribution in [3.63, 3.8) is 0 Å². The van der Waals surface area contributed by atoms with Crippen LogP contribution < -0.4 is 10.6 Å². The fourth-order valence-electron chi connectivity index (χ4n) is 2.56. The highest BCUT2D eigenvalue weighted by Crippen LogP contribution is 2.34. The molecule has 1 heterocycles. The van der Waals surface area contributed by atoms with E-state index in [1.54, 1.807) is 6.92 Å². The number of amides is 2. The van der Waals surface area contributed by atoms with Crippen molar-refractivity contribution in [1.82, 2.24) is 15.6 Å². The van der Waals surface area contributed by atoms with E-state index in [9.17, 15) is 9.90 Å². The minimum Gasteiger partial charge on any atom is -0.448 e. The maximum absolute atomic E-state index is 12.1. The van der Waals surface area contributed by atoms with E-state index in [-0.39, 0.29) is 24.0 Å². The Balaban J connectivity index is 1.95. The molecule has 6 heteroatoms. The van der Waals surface area contributed by atoms with Crippen LogP contribution >= 0.6 is 0 Å². The van der Waals surface area contributed by atoms with E-state index >= 15 is 0 Å². The number of hydrogen-bond acceptors (Lipinski definition) is 4. The first-order valence-electron chi connectivity index (χ1n) is 8.00. The van der Waals surface area contributed by atoms with Gasteiger partial charge in [0.2, 0.25) is 0 Å². The normalized spacial score (nSPS) is 12.7. The highest BCUT2D eigenvalue weighted by atomic mass is 16.3. The molecule has 2 aromatic rings. The lowest BCUT2D eigenvalue weighted by atomic mass is 9.75. The maximum Gasteiger partial charge on any atom is 0.315 e. The SMILES string of the molecule is Cc1ocnc1CNC(=O)NCC(c1ccccc1)C(C)(C)CO. The van der Waals surface area contributed by atoms with E-state index in [1.165, 1.54) is 6.39 Å². The Bertz CT molecular complexity index is 653. The zero-order chi connectivity index (χ0) is 17.6. The summed E-state index contributed by atoms with van der Waals surface area (Å²) < 4.78 is 5.10. The van der Waals surface area contributed by atoms with E-state index in [2.05, 4.69) is 15.6 Å². The molecule has 24 heavy (non-hydrogen) atoms. The zero-order valence-corrected chi connectivity index (χ0v) is 14.4. The Kier molecular flexibility index (Phi) is 5.98. The lowest BCUT2D eigenvalue weighted by Crippen LogP contribution is -2.41. The van der Waals surface area contributed by atoms with E-state index in [4.69, 9.17) is 4.42 Å². The van der Waals surface area contributed by atoms with Crippen molar-refractivity contribution < 1.29 is 14.3 Å². The van der Waals surface area contributed by atoms with Gasteiger partial charge in [-0.05, 0) is 17.9 Å². The topological polar surface area (TPSA) is 87.4 Å². The predicted octanol–water partition coefficient (Wildman–Crippen LogP) is 2.58. The van der Waals surface area contributed by atoms with Crippen LogP contribution in [-0.4, -0.2) is 29.3 Å². The number of hydrogen-bond donors (Lipinski definition) is 3. The predicted molar refractivity (Wildman–Crippen MR) is 91.5 cm³/mol. The van der Waals surface area contributed by atoms with Crippen LogP contribution in [0, 0.1) is 12.3 Å². The summed E-state index contributed by atoms with van der Waals surface area (Å²) >= 11 is 0. The van der Waals surface area contributed by atoms with Crippen LogP contribution in [0.5, 0.6) is 0 Å². The van der Waals surface area contributed by atoms with Crippen molar-refractivity contribution in [2.45, 2.75) is 33.2 Å². The number of benzene rings is 1. The Labute approximate surface area is 142 Å². The molecule has 0 aliphatic rings. The molecule has 130 valence electrons. The second kappa shape index (κ2) is 7.97. The average molecular weight is 331 g/mol. The highest BCUT2D eigenvalue weighted by Gasteiger charge is 2.30. The lowest BCUT2D eigenvalue weighted by Gasteiger charge is -2.33. The number of aryl methyl sites for hydroxylation is 1. The summed E-state index contributed by atoms with van der Waals surface area (Å²) in [7, 11) is 0. The smallest absolute Gasteiger partial charge is 0.315 e. The number of rotatable bonds is 7. The van der Waals surface area contributed by atoms with Crippen molar-refractivity contribution in [2.75, 3.05) is 13.2 Å². The molecule has 1 aromatic heterocycles. The van der Waals surface area contributed by atoms with Crippen LogP contribution in [0.2, 0.25) is 0 Å². The summed E-state index contributed by atoms with van der Waals surface area (Å²) in [5, 5.41) is 15.4. The van der Waals surface area contributed by atoms with Crippen LogP contribution in [0.4, 0.5) is 4.79 Å². The molecule has 0 saturated heterocycles. The summed E-state index contributed by atoms with van der Waals surface area (Å²) in [5.41, 5.74) is 1.45.